The van der Waals surface area contributed by atoms with Gasteiger partial charge in [-0.3, -0.25) is 4.79 Å². The number of rotatable bonds is 7. The van der Waals surface area contributed by atoms with Crippen molar-refractivity contribution in [1.29, 1.82) is 0 Å². The lowest BCUT2D eigenvalue weighted by Crippen LogP contribution is -2.41. The predicted octanol–water partition coefficient (Wildman–Crippen LogP) is 2.23. The Morgan fingerprint density at radius 2 is 2.07 bits per heavy atom. The van der Waals surface area contributed by atoms with E-state index in [0.29, 0.717) is 25.4 Å². The molecule has 7 nitrogen and oxygen atoms in total. The first-order valence-electron chi connectivity index (χ1n) is 10.6. The second-order valence-electron chi connectivity index (χ2n) is 9.10. The average Bonchev–Trinajstić information content (AvgIpc) is 3.05. The second kappa shape index (κ2) is 7.13. The summed E-state index contributed by atoms with van der Waals surface area (Å²) >= 11 is 0. The minimum atomic E-state index is -3.35. The van der Waals surface area contributed by atoms with Crippen molar-refractivity contribution in [1.82, 2.24) is 18.8 Å². The van der Waals surface area contributed by atoms with Crippen LogP contribution in [0.15, 0.2) is 12.5 Å². The molecule has 156 valence electrons. The molecule has 0 radical (unpaired) electrons. The summed E-state index contributed by atoms with van der Waals surface area (Å²) < 4.78 is 29.2. The van der Waals surface area contributed by atoms with Crippen molar-refractivity contribution in [3.05, 3.63) is 18.2 Å². The van der Waals surface area contributed by atoms with E-state index in [9.17, 15) is 13.2 Å². The summed E-state index contributed by atoms with van der Waals surface area (Å²) in [6.07, 6.45) is 7.52. The van der Waals surface area contributed by atoms with Crippen LogP contribution < -0.4 is 0 Å². The summed E-state index contributed by atoms with van der Waals surface area (Å²) in [4.78, 5) is 20.1. The third kappa shape index (κ3) is 3.38. The highest BCUT2D eigenvalue weighted by Crippen LogP contribution is 2.51. The summed E-state index contributed by atoms with van der Waals surface area (Å²) in [5.74, 6) is 0.739. The molecule has 2 aliphatic heterocycles. The Morgan fingerprint density at radius 3 is 2.68 bits per heavy atom. The minimum absolute atomic E-state index is 0.135. The maximum absolute atomic E-state index is 13.5. The van der Waals surface area contributed by atoms with Crippen LogP contribution >= 0.6 is 0 Å². The van der Waals surface area contributed by atoms with Gasteiger partial charge in [-0.1, -0.05) is 6.92 Å². The Morgan fingerprint density at radius 1 is 1.32 bits per heavy atom. The summed E-state index contributed by atoms with van der Waals surface area (Å²) in [6.45, 7) is 8.28. The number of carbonyl (C=O) groups excluding carboxylic acids is 1. The van der Waals surface area contributed by atoms with Crippen LogP contribution in [0, 0.1) is 11.3 Å². The summed E-state index contributed by atoms with van der Waals surface area (Å²) in [5.41, 5.74) is 0.191. The van der Waals surface area contributed by atoms with Crippen LogP contribution in [0.4, 0.5) is 0 Å². The Labute approximate surface area is 168 Å². The van der Waals surface area contributed by atoms with E-state index in [4.69, 9.17) is 0 Å². The topological polar surface area (TPSA) is 75.5 Å². The van der Waals surface area contributed by atoms with Crippen LogP contribution in [-0.2, 0) is 14.8 Å². The van der Waals surface area contributed by atoms with Gasteiger partial charge < -0.3 is 9.47 Å². The van der Waals surface area contributed by atoms with Gasteiger partial charge in [0.1, 0.15) is 0 Å². The number of likely N-dealkylation sites (tertiary alicyclic amines) is 1. The van der Waals surface area contributed by atoms with Gasteiger partial charge in [0.05, 0.1) is 23.2 Å². The number of hydrogen-bond acceptors (Lipinski definition) is 4. The van der Waals surface area contributed by atoms with Crippen LogP contribution in [0.1, 0.15) is 64.1 Å². The Kier molecular flexibility index (Phi) is 5.06. The van der Waals surface area contributed by atoms with Crippen molar-refractivity contribution in [2.75, 3.05) is 31.9 Å². The Bertz CT molecular complexity index is 845. The molecule has 0 aromatic carbocycles. The molecule has 0 N–H and O–H groups in total. The second-order valence-corrected chi connectivity index (χ2v) is 11.2. The van der Waals surface area contributed by atoms with E-state index in [1.807, 2.05) is 22.6 Å². The van der Waals surface area contributed by atoms with Crippen molar-refractivity contribution < 1.29 is 13.2 Å². The lowest BCUT2D eigenvalue weighted by molar-refractivity contribution is -0.136. The van der Waals surface area contributed by atoms with E-state index in [0.717, 1.165) is 25.2 Å². The third-order valence-electron chi connectivity index (χ3n) is 6.66. The molecule has 3 fully saturated rings. The summed E-state index contributed by atoms with van der Waals surface area (Å²) in [5, 5.41) is 0. The molecule has 0 unspecified atom stereocenters. The molecule has 1 aliphatic carbocycles. The first kappa shape index (κ1) is 19.9. The molecule has 2 atom stereocenters. The number of imidazole rings is 1. The standard InChI is InChI=1S/C20H32N4O3S/c1-4-9-28(26,27)24-11-17(18-12-23(14-21-18)15(2)3)20(13-24)7-8-22(19(20)25)10-16-5-6-16/h12,14-17H,4-11,13H2,1-3H3/t17-,20-/m0/s1. The van der Waals surface area contributed by atoms with Crippen molar-refractivity contribution >= 4 is 15.9 Å². The van der Waals surface area contributed by atoms with Gasteiger partial charge in [-0.25, -0.2) is 17.7 Å². The first-order chi connectivity index (χ1) is 13.3. The zero-order valence-corrected chi connectivity index (χ0v) is 18.0. The van der Waals surface area contributed by atoms with Crippen molar-refractivity contribution in [2.45, 2.75) is 58.4 Å². The maximum Gasteiger partial charge on any atom is 0.230 e. The molecule has 1 amide bonds. The molecular formula is C20H32N4O3S. The highest BCUT2D eigenvalue weighted by atomic mass is 32.2. The summed E-state index contributed by atoms with van der Waals surface area (Å²) in [6, 6.07) is 0.282. The minimum Gasteiger partial charge on any atom is -0.342 e. The SMILES string of the molecule is CCCS(=O)(=O)N1C[C@@H](c2cn(C(C)C)cn2)[C@]2(CCN(CC3CC3)C2=O)C1. The monoisotopic (exact) mass is 408 g/mol. The van der Waals surface area contributed by atoms with E-state index in [-0.39, 0.29) is 23.6 Å². The lowest BCUT2D eigenvalue weighted by atomic mass is 9.75. The number of nitrogens with zero attached hydrogens (tertiary/aromatic N) is 4. The molecule has 1 aromatic heterocycles. The van der Waals surface area contributed by atoms with Crippen molar-refractivity contribution in [3.8, 4) is 0 Å². The van der Waals surface area contributed by atoms with Crippen LogP contribution in [0.25, 0.3) is 0 Å². The Hall–Kier alpha value is -1.41. The molecule has 0 bridgehead atoms. The van der Waals surface area contributed by atoms with Gasteiger partial charge in [-0.2, -0.15) is 0 Å². The van der Waals surface area contributed by atoms with Gasteiger partial charge in [0.25, 0.3) is 0 Å². The smallest absolute Gasteiger partial charge is 0.230 e. The van der Waals surface area contributed by atoms with E-state index < -0.39 is 15.4 Å². The van der Waals surface area contributed by atoms with Crippen LogP contribution in [0.3, 0.4) is 0 Å². The molecular weight excluding hydrogens is 376 g/mol. The Balaban J connectivity index is 1.67. The summed E-state index contributed by atoms with van der Waals surface area (Å²) in [7, 11) is -3.35. The largest absolute Gasteiger partial charge is 0.342 e. The van der Waals surface area contributed by atoms with Gasteiger partial charge in [-0.15, -0.1) is 0 Å². The van der Waals surface area contributed by atoms with Crippen molar-refractivity contribution in [3.63, 3.8) is 0 Å². The number of sulfonamides is 1. The lowest BCUT2D eigenvalue weighted by Gasteiger charge is -2.28. The fourth-order valence-corrected chi connectivity index (χ4v) is 6.35. The van der Waals surface area contributed by atoms with Crippen LogP contribution in [-0.4, -0.2) is 65.0 Å². The average molecular weight is 409 g/mol. The normalized spacial score (nSPS) is 28.9. The molecule has 1 spiro atoms. The molecule has 8 heteroatoms. The highest BCUT2D eigenvalue weighted by molar-refractivity contribution is 7.89. The first-order valence-corrected chi connectivity index (χ1v) is 12.2. The molecule has 3 heterocycles. The predicted molar refractivity (Wildman–Crippen MR) is 107 cm³/mol. The third-order valence-corrected chi connectivity index (χ3v) is 8.65. The number of amides is 1. The van der Waals surface area contributed by atoms with Gasteiger partial charge in [0.15, 0.2) is 0 Å². The zero-order valence-electron chi connectivity index (χ0n) is 17.2. The fraction of sp³-hybridized carbons (Fsp3) is 0.800. The molecule has 1 saturated carbocycles. The van der Waals surface area contributed by atoms with Gasteiger partial charge in [-0.05, 0) is 45.4 Å². The number of aromatic nitrogens is 2. The van der Waals surface area contributed by atoms with E-state index in [1.54, 1.807) is 10.6 Å². The molecule has 28 heavy (non-hydrogen) atoms. The molecule has 3 aliphatic rings. The maximum atomic E-state index is 13.5. The van der Waals surface area contributed by atoms with E-state index in [1.165, 1.54) is 12.8 Å². The highest BCUT2D eigenvalue weighted by Gasteiger charge is 2.59. The molecule has 1 aromatic rings. The van der Waals surface area contributed by atoms with Gasteiger partial charge in [0.2, 0.25) is 15.9 Å². The molecule has 4 rings (SSSR count). The van der Waals surface area contributed by atoms with Crippen LogP contribution in [0.5, 0.6) is 0 Å². The molecule has 2 saturated heterocycles. The van der Waals surface area contributed by atoms with Gasteiger partial charge in [0, 0.05) is 44.3 Å². The quantitative estimate of drug-likeness (QED) is 0.693. The van der Waals surface area contributed by atoms with E-state index >= 15 is 0 Å². The number of carbonyl (C=O) groups is 1. The van der Waals surface area contributed by atoms with Crippen molar-refractivity contribution in [2.24, 2.45) is 11.3 Å². The zero-order chi connectivity index (χ0) is 20.1. The van der Waals surface area contributed by atoms with Gasteiger partial charge >= 0.3 is 0 Å². The van der Waals surface area contributed by atoms with Crippen LogP contribution in [0.2, 0.25) is 0 Å². The fourth-order valence-electron chi connectivity index (χ4n) is 4.77. The van der Waals surface area contributed by atoms with E-state index in [2.05, 4.69) is 18.8 Å². The number of hydrogen-bond donors (Lipinski definition) is 0.